The molecule has 5 heteroatoms. The summed E-state index contributed by atoms with van der Waals surface area (Å²) in [6, 6.07) is 8.74. The molecule has 1 aromatic carbocycles. The summed E-state index contributed by atoms with van der Waals surface area (Å²) in [6.07, 6.45) is -0.124. The summed E-state index contributed by atoms with van der Waals surface area (Å²) in [6.45, 7) is 5.44. The van der Waals surface area contributed by atoms with Crippen molar-refractivity contribution in [2.45, 2.75) is 25.6 Å². The van der Waals surface area contributed by atoms with E-state index in [1.807, 2.05) is 19.9 Å². The topological polar surface area (TPSA) is 62.6 Å². The van der Waals surface area contributed by atoms with Gasteiger partial charge in [-0.1, -0.05) is 0 Å². The van der Waals surface area contributed by atoms with E-state index in [0.717, 1.165) is 0 Å². The fourth-order valence-electron chi connectivity index (χ4n) is 2.59. The van der Waals surface area contributed by atoms with Crippen LogP contribution in [0.25, 0.3) is 0 Å². The number of rotatable bonds is 3. The number of hydrogen-bond acceptors (Lipinski definition) is 4. The van der Waals surface area contributed by atoms with Crippen molar-refractivity contribution in [2.75, 3.05) is 26.8 Å². The van der Waals surface area contributed by atoms with Gasteiger partial charge in [-0.15, -0.1) is 0 Å². The molecular weight excluding hydrogens is 268 g/mol. The molecule has 1 fully saturated rings. The van der Waals surface area contributed by atoms with Gasteiger partial charge in [-0.2, -0.15) is 5.26 Å². The van der Waals surface area contributed by atoms with Crippen molar-refractivity contribution < 1.29 is 14.3 Å². The average Bonchev–Trinajstić information content (AvgIpc) is 2.45. The lowest BCUT2D eigenvalue weighted by Gasteiger charge is -2.42. The van der Waals surface area contributed by atoms with Crippen molar-refractivity contribution in [1.82, 2.24) is 4.90 Å². The largest absolute Gasteiger partial charge is 0.382 e. The Morgan fingerprint density at radius 1 is 1.48 bits per heavy atom. The lowest BCUT2D eigenvalue weighted by Crippen LogP contribution is -2.55. The van der Waals surface area contributed by atoms with Crippen LogP contribution in [0.1, 0.15) is 29.8 Å². The summed E-state index contributed by atoms with van der Waals surface area (Å²) < 4.78 is 11.0. The molecule has 0 spiro atoms. The molecule has 0 unspecified atom stereocenters. The van der Waals surface area contributed by atoms with Crippen LogP contribution >= 0.6 is 0 Å². The van der Waals surface area contributed by atoms with Crippen LogP contribution in [0.4, 0.5) is 0 Å². The zero-order valence-corrected chi connectivity index (χ0v) is 12.6. The third-order valence-corrected chi connectivity index (χ3v) is 3.38. The number of nitriles is 1. The Balaban J connectivity index is 2.14. The van der Waals surface area contributed by atoms with Gasteiger partial charge in [-0.25, -0.2) is 0 Å². The Labute approximate surface area is 125 Å². The summed E-state index contributed by atoms with van der Waals surface area (Å²) in [7, 11) is 1.62. The van der Waals surface area contributed by atoms with E-state index in [2.05, 4.69) is 0 Å². The van der Waals surface area contributed by atoms with Gasteiger partial charge in [0.05, 0.1) is 29.9 Å². The van der Waals surface area contributed by atoms with Gasteiger partial charge in [0.15, 0.2) is 0 Å². The van der Waals surface area contributed by atoms with E-state index in [4.69, 9.17) is 14.7 Å². The standard InChI is InChI=1S/C16H20N2O3/c1-16(2)11-18(9-14(21-16)10-20-3)15(19)13-6-4-12(8-17)5-7-13/h4-7,14H,9-11H2,1-3H3/t14-/m0/s1. The maximum atomic E-state index is 12.6. The van der Waals surface area contributed by atoms with Gasteiger partial charge in [0.2, 0.25) is 0 Å². The molecule has 1 aliphatic heterocycles. The first-order chi connectivity index (χ1) is 9.95. The second-order valence-corrected chi connectivity index (χ2v) is 5.83. The summed E-state index contributed by atoms with van der Waals surface area (Å²) in [5, 5.41) is 8.80. The maximum Gasteiger partial charge on any atom is 0.254 e. The average molecular weight is 288 g/mol. The zero-order valence-electron chi connectivity index (χ0n) is 12.6. The van der Waals surface area contributed by atoms with Gasteiger partial charge in [0, 0.05) is 25.8 Å². The monoisotopic (exact) mass is 288 g/mol. The van der Waals surface area contributed by atoms with E-state index in [-0.39, 0.29) is 12.0 Å². The molecule has 0 bridgehead atoms. The molecule has 0 aliphatic carbocycles. The number of methoxy groups -OCH3 is 1. The minimum atomic E-state index is -0.399. The van der Waals surface area contributed by atoms with Crippen LogP contribution in [-0.4, -0.2) is 49.3 Å². The van der Waals surface area contributed by atoms with Crippen molar-refractivity contribution in [3.05, 3.63) is 35.4 Å². The number of carbonyl (C=O) groups excluding carboxylic acids is 1. The molecule has 0 saturated carbocycles. The Morgan fingerprint density at radius 2 is 2.14 bits per heavy atom. The highest BCUT2D eigenvalue weighted by atomic mass is 16.5. The highest BCUT2D eigenvalue weighted by Gasteiger charge is 2.35. The summed E-state index contributed by atoms with van der Waals surface area (Å²) in [4.78, 5) is 14.4. The van der Waals surface area contributed by atoms with Crippen molar-refractivity contribution in [1.29, 1.82) is 5.26 Å². The Kier molecular flexibility index (Phi) is 4.61. The second kappa shape index (κ2) is 6.25. The van der Waals surface area contributed by atoms with Crippen LogP contribution in [0, 0.1) is 11.3 Å². The van der Waals surface area contributed by atoms with E-state index in [9.17, 15) is 4.79 Å². The number of morpholine rings is 1. The Hall–Kier alpha value is -1.90. The number of nitrogens with zero attached hydrogens (tertiary/aromatic N) is 2. The molecular formula is C16H20N2O3. The summed E-state index contributed by atoms with van der Waals surface area (Å²) in [5.74, 6) is -0.0445. The van der Waals surface area contributed by atoms with Crippen molar-refractivity contribution in [2.24, 2.45) is 0 Å². The molecule has 0 N–H and O–H groups in total. The first kappa shape index (κ1) is 15.5. The molecule has 1 aromatic rings. The van der Waals surface area contributed by atoms with E-state index >= 15 is 0 Å². The van der Waals surface area contributed by atoms with E-state index in [1.165, 1.54) is 0 Å². The second-order valence-electron chi connectivity index (χ2n) is 5.83. The zero-order chi connectivity index (χ0) is 15.5. The molecule has 0 radical (unpaired) electrons. The summed E-state index contributed by atoms with van der Waals surface area (Å²) in [5.41, 5.74) is 0.734. The molecule has 1 aliphatic rings. The van der Waals surface area contributed by atoms with Gasteiger partial charge in [0.1, 0.15) is 0 Å². The molecule has 0 aromatic heterocycles. The number of amides is 1. The molecule has 2 rings (SSSR count). The minimum absolute atomic E-state index is 0.0445. The van der Waals surface area contributed by atoms with Crippen molar-refractivity contribution in [3.63, 3.8) is 0 Å². The third-order valence-electron chi connectivity index (χ3n) is 3.38. The minimum Gasteiger partial charge on any atom is -0.382 e. The first-order valence-corrected chi connectivity index (χ1v) is 6.91. The fraction of sp³-hybridized carbons (Fsp3) is 0.500. The molecule has 1 heterocycles. The van der Waals surface area contributed by atoms with Gasteiger partial charge in [-0.05, 0) is 38.1 Å². The Bertz CT molecular complexity index is 546. The highest BCUT2D eigenvalue weighted by Crippen LogP contribution is 2.22. The molecule has 112 valence electrons. The van der Waals surface area contributed by atoms with Gasteiger partial charge < -0.3 is 14.4 Å². The van der Waals surface area contributed by atoms with Crippen LogP contribution in [0.15, 0.2) is 24.3 Å². The number of carbonyl (C=O) groups is 1. The SMILES string of the molecule is COC[C@@H]1CN(C(=O)c2ccc(C#N)cc2)CC(C)(C)O1. The van der Waals surface area contributed by atoms with Crippen LogP contribution in [0.2, 0.25) is 0 Å². The van der Waals surface area contributed by atoms with Gasteiger partial charge >= 0.3 is 0 Å². The number of ether oxygens (including phenoxy) is 2. The Morgan fingerprint density at radius 3 is 2.71 bits per heavy atom. The van der Waals surface area contributed by atoms with Crippen LogP contribution in [0.5, 0.6) is 0 Å². The molecule has 1 amide bonds. The lowest BCUT2D eigenvalue weighted by atomic mass is 10.0. The van der Waals surface area contributed by atoms with Gasteiger partial charge in [-0.3, -0.25) is 4.79 Å². The van der Waals surface area contributed by atoms with Crippen LogP contribution in [-0.2, 0) is 9.47 Å². The number of hydrogen-bond donors (Lipinski definition) is 0. The predicted octanol–water partition coefficient (Wildman–Crippen LogP) is 1.82. The first-order valence-electron chi connectivity index (χ1n) is 6.91. The smallest absolute Gasteiger partial charge is 0.254 e. The van der Waals surface area contributed by atoms with E-state index in [1.54, 1.807) is 36.3 Å². The highest BCUT2D eigenvalue weighted by molar-refractivity contribution is 5.94. The van der Waals surface area contributed by atoms with Crippen molar-refractivity contribution in [3.8, 4) is 6.07 Å². The molecule has 1 atom stereocenters. The van der Waals surface area contributed by atoms with Crippen LogP contribution < -0.4 is 0 Å². The van der Waals surface area contributed by atoms with E-state index in [0.29, 0.717) is 30.8 Å². The normalized spacial score (nSPS) is 20.9. The quantitative estimate of drug-likeness (QED) is 0.851. The fourth-order valence-corrected chi connectivity index (χ4v) is 2.59. The van der Waals surface area contributed by atoms with Crippen LogP contribution in [0.3, 0.4) is 0 Å². The molecule has 1 saturated heterocycles. The predicted molar refractivity (Wildman–Crippen MR) is 77.9 cm³/mol. The third kappa shape index (κ3) is 3.81. The van der Waals surface area contributed by atoms with Gasteiger partial charge in [0.25, 0.3) is 5.91 Å². The lowest BCUT2D eigenvalue weighted by molar-refractivity contribution is -0.143. The molecule has 21 heavy (non-hydrogen) atoms. The number of benzene rings is 1. The van der Waals surface area contributed by atoms with E-state index < -0.39 is 5.60 Å². The molecule has 5 nitrogen and oxygen atoms in total. The van der Waals surface area contributed by atoms with Crippen molar-refractivity contribution >= 4 is 5.91 Å². The summed E-state index contributed by atoms with van der Waals surface area (Å²) >= 11 is 0. The maximum absolute atomic E-state index is 12.6.